The fourth-order valence-electron chi connectivity index (χ4n) is 1.00. The van der Waals surface area contributed by atoms with Gasteiger partial charge in [0, 0.05) is 19.3 Å². The maximum Gasteiger partial charge on any atom is 0.250 e. The lowest BCUT2D eigenvalue weighted by molar-refractivity contribution is -0.111. The average molecular weight is 192 g/mol. The standard InChI is InChI=1S/C10H12N2O2/c1-3-4-9(13)11-8-5-6-10(14)12(2)7-8/h3-7H,1-2H3,(H,11,13)/b4-3+. The summed E-state index contributed by atoms with van der Waals surface area (Å²) in [6, 6.07) is 2.98. The van der Waals surface area contributed by atoms with E-state index in [9.17, 15) is 9.59 Å². The van der Waals surface area contributed by atoms with Crippen LogP contribution in [0.25, 0.3) is 0 Å². The fourth-order valence-corrected chi connectivity index (χ4v) is 1.00. The number of rotatable bonds is 2. The normalized spacial score (nSPS) is 10.4. The second kappa shape index (κ2) is 4.41. The van der Waals surface area contributed by atoms with Crippen molar-refractivity contribution in [3.63, 3.8) is 0 Å². The van der Waals surface area contributed by atoms with Crippen molar-refractivity contribution in [2.45, 2.75) is 6.92 Å². The molecule has 1 N–H and O–H groups in total. The smallest absolute Gasteiger partial charge is 0.250 e. The summed E-state index contributed by atoms with van der Waals surface area (Å²) in [7, 11) is 1.63. The third kappa shape index (κ3) is 2.58. The van der Waals surface area contributed by atoms with Crippen LogP contribution in [-0.4, -0.2) is 10.5 Å². The van der Waals surface area contributed by atoms with Gasteiger partial charge in [-0.25, -0.2) is 0 Å². The molecule has 0 unspecified atom stereocenters. The molecule has 0 fully saturated rings. The molecule has 4 heteroatoms. The minimum atomic E-state index is -0.203. The zero-order chi connectivity index (χ0) is 10.6. The molecule has 74 valence electrons. The van der Waals surface area contributed by atoms with E-state index in [4.69, 9.17) is 0 Å². The molecule has 14 heavy (non-hydrogen) atoms. The Labute approximate surface area is 81.9 Å². The van der Waals surface area contributed by atoms with Crippen LogP contribution in [0.15, 0.2) is 35.3 Å². The Morgan fingerprint density at radius 2 is 2.21 bits per heavy atom. The van der Waals surface area contributed by atoms with Gasteiger partial charge >= 0.3 is 0 Å². The lowest BCUT2D eigenvalue weighted by Crippen LogP contribution is -2.16. The first kappa shape index (κ1) is 10.2. The number of allylic oxidation sites excluding steroid dienone is 1. The van der Waals surface area contributed by atoms with E-state index in [0.29, 0.717) is 5.69 Å². The summed E-state index contributed by atoms with van der Waals surface area (Å²) in [5.74, 6) is -0.203. The predicted octanol–water partition coefficient (Wildman–Crippen LogP) is 0.900. The van der Waals surface area contributed by atoms with Gasteiger partial charge in [0.25, 0.3) is 0 Å². The molecule has 1 amide bonds. The van der Waals surface area contributed by atoms with E-state index in [1.807, 2.05) is 0 Å². The molecule has 0 aliphatic carbocycles. The van der Waals surface area contributed by atoms with Gasteiger partial charge in [-0.1, -0.05) is 6.08 Å². The second-order valence-corrected chi connectivity index (χ2v) is 2.86. The van der Waals surface area contributed by atoms with Crippen molar-refractivity contribution in [3.8, 4) is 0 Å². The number of pyridine rings is 1. The Morgan fingerprint density at radius 1 is 1.50 bits per heavy atom. The number of hydrogen-bond acceptors (Lipinski definition) is 2. The molecule has 0 aliphatic heterocycles. The number of nitrogens with zero attached hydrogens (tertiary/aromatic N) is 1. The summed E-state index contributed by atoms with van der Waals surface area (Å²) in [6.07, 6.45) is 4.64. The van der Waals surface area contributed by atoms with Crippen LogP contribution in [0.4, 0.5) is 5.69 Å². The topological polar surface area (TPSA) is 51.1 Å². The van der Waals surface area contributed by atoms with Gasteiger partial charge in [-0.05, 0) is 19.1 Å². The molecule has 1 aromatic rings. The zero-order valence-electron chi connectivity index (χ0n) is 8.15. The Balaban J connectivity index is 2.83. The molecule has 0 spiro atoms. The molecule has 0 saturated carbocycles. The minimum Gasteiger partial charge on any atom is -0.321 e. The highest BCUT2D eigenvalue weighted by Gasteiger charge is 1.97. The molecule has 1 rings (SSSR count). The van der Waals surface area contributed by atoms with E-state index < -0.39 is 0 Å². The summed E-state index contributed by atoms with van der Waals surface area (Å²) in [4.78, 5) is 22.1. The van der Waals surface area contributed by atoms with Crippen molar-refractivity contribution < 1.29 is 4.79 Å². The van der Waals surface area contributed by atoms with Crippen molar-refractivity contribution in [1.82, 2.24) is 4.57 Å². The molecule has 1 aromatic heterocycles. The number of carbonyl (C=O) groups is 1. The Bertz CT molecular complexity index is 418. The summed E-state index contributed by atoms with van der Waals surface area (Å²) >= 11 is 0. The van der Waals surface area contributed by atoms with Crippen LogP contribution in [0.2, 0.25) is 0 Å². The number of hydrogen-bond donors (Lipinski definition) is 1. The molecule has 0 saturated heterocycles. The fraction of sp³-hybridized carbons (Fsp3) is 0.200. The van der Waals surface area contributed by atoms with Crippen molar-refractivity contribution in [2.24, 2.45) is 7.05 Å². The van der Waals surface area contributed by atoms with Crippen LogP contribution >= 0.6 is 0 Å². The molecule has 1 heterocycles. The Hall–Kier alpha value is -1.84. The molecule has 0 radical (unpaired) electrons. The van der Waals surface area contributed by atoms with Gasteiger partial charge in [0.2, 0.25) is 11.5 Å². The van der Waals surface area contributed by atoms with E-state index in [1.165, 1.54) is 16.7 Å². The van der Waals surface area contributed by atoms with Crippen molar-refractivity contribution >= 4 is 11.6 Å². The molecule has 0 atom stereocenters. The number of carbonyl (C=O) groups excluding carboxylic acids is 1. The van der Waals surface area contributed by atoms with Crippen LogP contribution in [0.1, 0.15) is 6.92 Å². The zero-order valence-corrected chi connectivity index (χ0v) is 8.15. The largest absolute Gasteiger partial charge is 0.321 e. The van der Waals surface area contributed by atoms with Gasteiger partial charge in [0.05, 0.1) is 5.69 Å². The van der Waals surface area contributed by atoms with Gasteiger partial charge in [-0.3, -0.25) is 9.59 Å². The number of aromatic nitrogens is 1. The summed E-state index contributed by atoms with van der Waals surface area (Å²) in [6.45, 7) is 1.76. The Kier molecular flexibility index (Phi) is 3.23. The highest BCUT2D eigenvalue weighted by Crippen LogP contribution is 2.01. The van der Waals surface area contributed by atoms with Crippen molar-refractivity contribution in [1.29, 1.82) is 0 Å². The summed E-state index contributed by atoms with van der Waals surface area (Å²) in [5.41, 5.74) is 0.504. The highest BCUT2D eigenvalue weighted by molar-refractivity contribution is 5.99. The maximum absolute atomic E-state index is 11.1. The molecule has 0 bridgehead atoms. The van der Waals surface area contributed by atoms with Crippen LogP contribution in [-0.2, 0) is 11.8 Å². The third-order valence-corrected chi connectivity index (χ3v) is 1.67. The molecular weight excluding hydrogens is 180 g/mol. The monoisotopic (exact) mass is 192 g/mol. The second-order valence-electron chi connectivity index (χ2n) is 2.86. The van der Waals surface area contributed by atoms with Crippen LogP contribution < -0.4 is 10.9 Å². The number of anilines is 1. The first-order valence-electron chi connectivity index (χ1n) is 4.24. The van der Waals surface area contributed by atoms with Gasteiger partial charge < -0.3 is 9.88 Å². The van der Waals surface area contributed by atoms with Crippen LogP contribution in [0, 0.1) is 0 Å². The van der Waals surface area contributed by atoms with Crippen LogP contribution in [0.3, 0.4) is 0 Å². The van der Waals surface area contributed by atoms with E-state index in [0.717, 1.165) is 0 Å². The SMILES string of the molecule is C/C=C/C(=O)Nc1ccc(=O)n(C)c1. The predicted molar refractivity (Wildman–Crippen MR) is 55.1 cm³/mol. The summed E-state index contributed by atoms with van der Waals surface area (Å²) < 4.78 is 1.41. The lowest BCUT2D eigenvalue weighted by atomic mass is 10.4. The number of aryl methyl sites for hydroxylation is 1. The molecule has 0 aromatic carbocycles. The summed E-state index contributed by atoms with van der Waals surface area (Å²) in [5, 5.41) is 2.63. The molecule has 4 nitrogen and oxygen atoms in total. The lowest BCUT2D eigenvalue weighted by Gasteiger charge is -2.03. The van der Waals surface area contributed by atoms with E-state index in [1.54, 1.807) is 32.3 Å². The number of amides is 1. The van der Waals surface area contributed by atoms with Crippen molar-refractivity contribution in [2.75, 3.05) is 5.32 Å². The van der Waals surface area contributed by atoms with E-state index >= 15 is 0 Å². The maximum atomic E-state index is 11.1. The highest BCUT2D eigenvalue weighted by atomic mass is 16.1. The first-order valence-corrected chi connectivity index (χ1v) is 4.24. The van der Waals surface area contributed by atoms with Gasteiger partial charge in [0.15, 0.2) is 0 Å². The van der Waals surface area contributed by atoms with Gasteiger partial charge in [0.1, 0.15) is 0 Å². The van der Waals surface area contributed by atoms with E-state index in [-0.39, 0.29) is 11.5 Å². The number of nitrogens with one attached hydrogen (secondary N) is 1. The minimum absolute atomic E-state index is 0.103. The van der Waals surface area contributed by atoms with Crippen molar-refractivity contribution in [3.05, 3.63) is 40.8 Å². The first-order chi connectivity index (χ1) is 6.63. The Morgan fingerprint density at radius 3 is 2.79 bits per heavy atom. The quantitative estimate of drug-likeness (QED) is 0.708. The van der Waals surface area contributed by atoms with E-state index in [2.05, 4.69) is 5.32 Å². The van der Waals surface area contributed by atoms with Gasteiger partial charge in [-0.2, -0.15) is 0 Å². The third-order valence-electron chi connectivity index (χ3n) is 1.67. The average Bonchev–Trinajstić information content (AvgIpc) is 2.12. The molecular formula is C10H12N2O2. The van der Waals surface area contributed by atoms with Crippen LogP contribution in [0.5, 0.6) is 0 Å². The molecule has 0 aliphatic rings. The van der Waals surface area contributed by atoms with Gasteiger partial charge in [-0.15, -0.1) is 0 Å².